The van der Waals surface area contributed by atoms with E-state index in [-0.39, 0.29) is 5.57 Å². The molecule has 0 aliphatic carbocycles. The third-order valence-electron chi connectivity index (χ3n) is 2.59. The number of aliphatic hydroxyl groups excluding tert-OH is 1. The van der Waals surface area contributed by atoms with Gasteiger partial charge in [0.05, 0.1) is 13.2 Å². The molecule has 0 aromatic carbocycles. The molecule has 17 heavy (non-hydrogen) atoms. The van der Waals surface area contributed by atoms with E-state index in [1.807, 2.05) is 6.92 Å². The second-order valence-corrected chi connectivity index (χ2v) is 3.89. The van der Waals surface area contributed by atoms with E-state index in [1.165, 1.54) is 0 Å². The van der Waals surface area contributed by atoms with Gasteiger partial charge >= 0.3 is 11.9 Å². The van der Waals surface area contributed by atoms with E-state index in [4.69, 9.17) is 5.11 Å². The van der Waals surface area contributed by atoms with Gasteiger partial charge in [0.15, 0.2) is 0 Å². The molecule has 0 saturated heterocycles. The van der Waals surface area contributed by atoms with Gasteiger partial charge in [0.1, 0.15) is 5.92 Å². The van der Waals surface area contributed by atoms with Crippen molar-refractivity contribution in [2.24, 2.45) is 5.92 Å². The minimum atomic E-state index is -1.30. The van der Waals surface area contributed by atoms with Crippen LogP contribution in [0.4, 0.5) is 0 Å². The molecule has 0 amide bonds. The van der Waals surface area contributed by atoms with E-state index >= 15 is 0 Å². The summed E-state index contributed by atoms with van der Waals surface area (Å²) >= 11 is 0. The predicted octanol–water partition coefficient (Wildman–Crippen LogP) is 1.36. The first-order valence-corrected chi connectivity index (χ1v) is 5.63. The number of unbranched alkanes of at least 4 members (excludes halogenated alkanes) is 2. The second kappa shape index (κ2) is 7.84. The number of carboxylic acid groups (broad SMARTS) is 1. The average molecular weight is 244 g/mol. The molecule has 0 fully saturated rings. The van der Waals surface area contributed by atoms with E-state index in [0.29, 0.717) is 6.42 Å². The van der Waals surface area contributed by atoms with Gasteiger partial charge < -0.3 is 14.9 Å². The van der Waals surface area contributed by atoms with Gasteiger partial charge in [0, 0.05) is 5.57 Å². The second-order valence-electron chi connectivity index (χ2n) is 3.89. The van der Waals surface area contributed by atoms with Crippen LogP contribution in [0.15, 0.2) is 12.2 Å². The molecule has 0 bridgehead atoms. The number of carbonyl (C=O) groups is 2. The molecule has 5 nitrogen and oxygen atoms in total. The number of ether oxygens (including phenoxy) is 1. The third-order valence-corrected chi connectivity index (χ3v) is 2.59. The topological polar surface area (TPSA) is 83.8 Å². The lowest BCUT2D eigenvalue weighted by molar-refractivity contribution is -0.150. The molecule has 0 aromatic heterocycles. The summed E-state index contributed by atoms with van der Waals surface area (Å²) in [5.41, 5.74) is -0.333. The quantitative estimate of drug-likeness (QED) is 0.382. The van der Waals surface area contributed by atoms with Crippen LogP contribution >= 0.6 is 0 Å². The summed E-state index contributed by atoms with van der Waals surface area (Å²) in [5.74, 6) is -3.24. The Morgan fingerprint density at radius 3 is 2.35 bits per heavy atom. The standard InChI is InChI=1S/C12H20O5/c1-4-5-6-7-9(13)10(12(16)17-3)8(2)11(14)15/h9-10,13H,2,4-7H2,1,3H3,(H,14,15)/t9-,10+/m1/s1. The number of esters is 1. The maximum Gasteiger partial charge on any atom is 0.331 e. The first kappa shape index (κ1) is 15.6. The molecule has 2 atom stereocenters. The zero-order valence-corrected chi connectivity index (χ0v) is 10.3. The summed E-state index contributed by atoms with van der Waals surface area (Å²) in [6, 6.07) is 0. The van der Waals surface area contributed by atoms with Gasteiger partial charge in [-0.2, -0.15) is 0 Å². The number of methoxy groups -OCH3 is 1. The minimum absolute atomic E-state index is 0.333. The van der Waals surface area contributed by atoms with Crippen molar-refractivity contribution >= 4 is 11.9 Å². The summed E-state index contributed by atoms with van der Waals surface area (Å²) < 4.78 is 4.49. The van der Waals surface area contributed by atoms with E-state index in [9.17, 15) is 14.7 Å². The van der Waals surface area contributed by atoms with Crippen molar-refractivity contribution < 1.29 is 24.5 Å². The highest BCUT2D eigenvalue weighted by molar-refractivity contribution is 5.94. The molecule has 0 rings (SSSR count). The Morgan fingerprint density at radius 1 is 1.35 bits per heavy atom. The molecular weight excluding hydrogens is 224 g/mol. The molecule has 0 unspecified atom stereocenters. The lowest BCUT2D eigenvalue weighted by atomic mass is 9.91. The third kappa shape index (κ3) is 4.99. The van der Waals surface area contributed by atoms with Gasteiger partial charge in [0.2, 0.25) is 0 Å². The smallest absolute Gasteiger partial charge is 0.331 e. The molecule has 0 radical (unpaired) electrons. The number of aliphatic carboxylic acids is 1. The number of carboxylic acids is 1. The van der Waals surface area contributed by atoms with Crippen LogP contribution in [-0.2, 0) is 14.3 Å². The van der Waals surface area contributed by atoms with Gasteiger partial charge in [-0.25, -0.2) is 4.79 Å². The highest BCUT2D eigenvalue weighted by Gasteiger charge is 2.33. The summed E-state index contributed by atoms with van der Waals surface area (Å²) in [6.07, 6.45) is 1.94. The van der Waals surface area contributed by atoms with Crippen molar-refractivity contribution in [2.75, 3.05) is 7.11 Å². The molecule has 0 aliphatic heterocycles. The Balaban J connectivity index is 4.62. The molecule has 0 saturated carbocycles. The minimum Gasteiger partial charge on any atom is -0.478 e. The zero-order chi connectivity index (χ0) is 13.4. The van der Waals surface area contributed by atoms with E-state index in [2.05, 4.69) is 11.3 Å². The molecule has 98 valence electrons. The molecular formula is C12H20O5. The number of hydrogen-bond donors (Lipinski definition) is 2. The Bertz CT molecular complexity index is 285. The van der Waals surface area contributed by atoms with Crippen LogP contribution in [0.5, 0.6) is 0 Å². The average Bonchev–Trinajstić information content (AvgIpc) is 2.29. The van der Waals surface area contributed by atoms with Gasteiger partial charge in [-0.05, 0) is 6.42 Å². The maximum atomic E-state index is 11.4. The fourth-order valence-electron chi connectivity index (χ4n) is 1.56. The Labute approximate surface area is 101 Å². The van der Waals surface area contributed by atoms with Crippen LogP contribution in [0, 0.1) is 5.92 Å². The van der Waals surface area contributed by atoms with Crippen molar-refractivity contribution in [2.45, 2.75) is 38.7 Å². The monoisotopic (exact) mass is 244 g/mol. The Kier molecular flexibility index (Phi) is 7.21. The van der Waals surface area contributed by atoms with Crippen LogP contribution in [0.1, 0.15) is 32.6 Å². The normalized spacial score (nSPS) is 13.8. The van der Waals surface area contributed by atoms with Gasteiger partial charge in [0.25, 0.3) is 0 Å². The summed E-state index contributed by atoms with van der Waals surface area (Å²) in [4.78, 5) is 22.2. The Hall–Kier alpha value is -1.36. The van der Waals surface area contributed by atoms with Crippen molar-refractivity contribution in [3.63, 3.8) is 0 Å². The van der Waals surface area contributed by atoms with Crippen molar-refractivity contribution in [1.82, 2.24) is 0 Å². The SMILES string of the molecule is C=C(C(=O)O)[C@H](C(=O)OC)[C@H](O)CCCCC. The molecule has 2 N–H and O–H groups in total. The van der Waals surface area contributed by atoms with Crippen molar-refractivity contribution in [3.05, 3.63) is 12.2 Å². The van der Waals surface area contributed by atoms with Crippen LogP contribution in [0.25, 0.3) is 0 Å². The van der Waals surface area contributed by atoms with Crippen molar-refractivity contribution in [3.8, 4) is 0 Å². The fourth-order valence-corrected chi connectivity index (χ4v) is 1.56. The molecule has 5 heteroatoms. The van der Waals surface area contributed by atoms with E-state index in [0.717, 1.165) is 26.4 Å². The molecule has 0 spiro atoms. The van der Waals surface area contributed by atoms with E-state index < -0.39 is 24.0 Å². The first-order valence-electron chi connectivity index (χ1n) is 5.63. The van der Waals surface area contributed by atoms with Crippen LogP contribution in [0.2, 0.25) is 0 Å². The number of rotatable bonds is 8. The first-order chi connectivity index (χ1) is 7.95. The van der Waals surface area contributed by atoms with Crippen LogP contribution in [0.3, 0.4) is 0 Å². The molecule has 0 heterocycles. The molecule has 0 aliphatic rings. The summed E-state index contributed by atoms with van der Waals surface area (Å²) in [6.45, 7) is 5.33. The van der Waals surface area contributed by atoms with Gasteiger partial charge in [-0.3, -0.25) is 4.79 Å². The zero-order valence-electron chi connectivity index (χ0n) is 10.3. The van der Waals surface area contributed by atoms with Crippen molar-refractivity contribution in [1.29, 1.82) is 0 Å². The summed E-state index contributed by atoms with van der Waals surface area (Å²) in [5, 5.41) is 18.6. The number of hydrogen-bond acceptors (Lipinski definition) is 4. The molecule has 0 aromatic rings. The van der Waals surface area contributed by atoms with Crippen LogP contribution < -0.4 is 0 Å². The largest absolute Gasteiger partial charge is 0.478 e. The highest BCUT2D eigenvalue weighted by atomic mass is 16.5. The maximum absolute atomic E-state index is 11.4. The summed E-state index contributed by atoms with van der Waals surface area (Å²) in [7, 11) is 1.16. The lowest BCUT2D eigenvalue weighted by Gasteiger charge is -2.20. The predicted molar refractivity (Wildman–Crippen MR) is 62.4 cm³/mol. The highest BCUT2D eigenvalue weighted by Crippen LogP contribution is 2.20. The Morgan fingerprint density at radius 2 is 1.94 bits per heavy atom. The number of carbonyl (C=O) groups excluding carboxylic acids is 1. The number of aliphatic hydroxyl groups is 1. The van der Waals surface area contributed by atoms with Crippen LogP contribution in [-0.4, -0.2) is 35.4 Å². The van der Waals surface area contributed by atoms with Gasteiger partial charge in [-0.15, -0.1) is 0 Å². The fraction of sp³-hybridized carbons (Fsp3) is 0.667. The van der Waals surface area contributed by atoms with E-state index in [1.54, 1.807) is 0 Å². The lowest BCUT2D eigenvalue weighted by Crippen LogP contribution is -2.33. The van der Waals surface area contributed by atoms with Gasteiger partial charge in [-0.1, -0.05) is 32.8 Å².